The van der Waals surface area contributed by atoms with E-state index >= 15 is 0 Å². The molecule has 61 heavy (non-hydrogen) atoms. The Morgan fingerprint density at radius 3 is 2.08 bits per heavy atom. The van der Waals surface area contributed by atoms with E-state index in [2.05, 4.69) is 25.9 Å². The van der Waals surface area contributed by atoms with Crippen LogP contribution in [0.3, 0.4) is 0 Å². The van der Waals surface area contributed by atoms with E-state index in [9.17, 15) is 24.3 Å². The minimum absolute atomic E-state index is 0.0555. The van der Waals surface area contributed by atoms with Crippen LogP contribution in [0.2, 0.25) is 0 Å². The quantitative estimate of drug-likeness (QED) is 0.101. The van der Waals surface area contributed by atoms with Crippen molar-refractivity contribution in [2.24, 2.45) is 10.8 Å². The third-order valence-electron chi connectivity index (χ3n) is 11.0. The average molecular weight is 834 g/mol. The second kappa shape index (κ2) is 20.2. The number of hydrogen-bond donors (Lipinski definition) is 4. The van der Waals surface area contributed by atoms with E-state index in [0.717, 1.165) is 39.3 Å². The van der Waals surface area contributed by atoms with Crippen molar-refractivity contribution in [2.75, 3.05) is 20.2 Å². The SMILES string of the molecule is COC(=O)N[C@H](C(=O)N[C@@H](Cc1ccc(-c2ccc(C)cn2)cc1)C[C@H](O)[C@H](Cc1ccccc1)NC(=O)[C@@H](N1CCN(Cc2cccc(C)n2)C1=O)C(C)(C)C)C(C)(C)C. The Bertz CT molecular complexity index is 2100. The minimum Gasteiger partial charge on any atom is -0.453 e. The first-order valence-electron chi connectivity index (χ1n) is 21.0. The van der Waals surface area contributed by atoms with Gasteiger partial charge in [0.15, 0.2) is 0 Å². The maximum atomic E-state index is 14.6. The summed E-state index contributed by atoms with van der Waals surface area (Å²) in [5.74, 6) is -0.822. The second-order valence-corrected chi connectivity index (χ2v) is 18.3. The smallest absolute Gasteiger partial charge is 0.407 e. The lowest BCUT2D eigenvalue weighted by Gasteiger charge is -2.38. The minimum atomic E-state index is -1.15. The maximum Gasteiger partial charge on any atom is 0.407 e. The number of aliphatic hydroxyl groups excluding tert-OH is 1. The van der Waals surface area contributed by atoms with Gasteiger partial charge in [-0.2, -0.15) is 0 Å². The molecule has 5 amide bonds. The number of aryl methyl sites for hydroxylation is 2. The van der Waals surface area contributed by atoms with Crippen LogP contribution in [0.4, 0.5) is 9.59 Å². The van der Waals surface area contributed by atoms with Crippen LogP contribution in [-0.4, -0.2) is 99.3 Å². The highest BCUT2D eigenvalue weighted by Gasteiger charge is 2.44. The summed E-state index contributed by atoms with van der Waals surface area (Å²) in [6.07, 6.45) is 0.616. The van der Waals surface area contributed by atoms with Crippen LogP contribution < -0.4 is 16.0 Å². The van der Waals surface area contributed by atoms with Gasteiger partial charge in [-0.1, -0.05) is 108 Å². The van der Waals surface area contributed by atoms with Crippen molar-refractivity contribution < 1.29 is 29.0 Å². The summed E-state index contributed by atoms with van der Waals surface area (Å²) in [6.45, 7) is 16.3. The number of carbonyl (C=O) groups is 4. The Morgan fingerprint density at radius 2 is 1.48 bits per heavy atom. The van der Waals surface area contributed by atoms with Crippen LogP contribution in [0, 0.1) is 24.7 Å². The molecule has 2 aromatic carbocycles. The number of nitrogens with one attached hydrogen (secondary N) is 3. The first kappa shape index (κ1) is 46.2. The van der Waals surface area contributed by atoms with Crippen LogP contribution in [0.25, 0.3) is 11.3 Å². The van der Waals surface area contributed by atoms with E-state index in [1.807, 2.05) is 147 Å². The second-order valence-electron chi connectivity index (χ2n) is 18.3. The van der Waals surface area contributed by atoms with Gasteiger partial charge in [0.1, 0.15) is 12.1 Å². The fourth-order valence-corrected chi connectivity index (χ4v) is 7.81. The third-order valence-corrected chi connectivity index (χ3v) is 11.0. The van der Waals surface area contributed by atoms with Gasteiger partial charge < -0.3 is 35.6 Å². The van der Waals surface area contributed by atoms with E-state index < -0.39 is 53.1 Å². The predicted octanol–water partition coefficient (Wildman–Crippen LogP) is 6.39. The number of pyridine rings is 2. The molecule has 0 aliphatic carbocycles. The van der Waals surface area contributed by atoms with Gasteiger partial charge in [0.2, 0.25) is 11.8 Å². The molecule has 13 heteroatoms. The normalized spacial score (nSPS) is 15.7. The van der Waals surface area contributed by atoms with Gasteiger partial charge in [-0.05, 0) is 78.8 Å². The fraction of sp³-hybridized carbons (Fsp3) is 0.458. The lowest BCUT2D eigenvalue weighted by molar-refractivity contribution is -0.131. The number of urea groups is 1. The van der Waals surface area contributed by atoms with Crippen LogP contribution in [0.5, 0.6) is 0 Å². The number of ether oxygens (including phenoxy) is 1. The molecule has 0 unspecified atom stereocenters. The first-order chi connectivity index (χ1) is 28.8. The standard InChI is InChI=1S/C48H63N7O6/c1-31-18-23-38(49-29-31)35-21-19-34(20-22-35)26-37(51-43(57)41(47(3,4)5)53-45(59)61-9)28-40(56)39(27-33-15-11-10-12-16-33)52-44(58)42(48(6,7)8)55-25-24-54(46(55)60)30-36-17-13-14-32(2)50-36/h10-23,29,37,39-42,56H,24-28,30H2,1-9H3,(H,51,57)(H,52,58)(H,53,59)/t37-,39-,40-,41+,42+/m0/s1. The summed E-state index contributed by atoms with van der Waals surface area (Å²) in [4.78, 5) is 67.5. The van der Waals surface area contributed by atoms with Crippen LogP contribution in [0.1, 0.15) is 76.0 Å². The lowest BCUT2D eigenvalue weighted by Crippen LogP contribution is -2.59. The molecule has 1 fully saturated rings. The Morgan fingerprint density at radius 1 is 0.787 bits per heavy atom. The number of amides is 5. The highest BCUT2D eigenvalue weighted by atomic mass is 16.5. The van der Waals surface area contributed by atoms with Crippen LogP contribution in [-0.2, 0) is 33.7 Å². The summed E-state index contributed by atoms with van der Waals surface area (Å²) in [6, 6.07) is 23.7. The molecule has 0 radical (unpaired) electrons. The Kier molecular flexibility index (Phi) is 15.3. The van der Waals surface area contributed by atoms with Crippen LogP contribution in [0.15, 0.2) is 91.1 Å². The Balaban J connectivity index is 1.42. The van der Waals surface area contributed by atoms with Gasteiger partial charge in [0, 0.05) is 36.6 Å². The monoisotopic (exact) mass is 833 g/mol. The molecule has 0 saturated carbocycles. The largest absolute Gasteiger partial charge is 0.453 e. The van der Waals surface area contributed by atoms with Crippen molar-refractivity contribution in [1.82, 2.24) is 35.7 Å². The summed E-state index contributed by atoms with van der Waals surface area (Å²) in [5.41, 5.74) is 4.91. The number of alkyl carbamates (subject to hydrolysis) is 1. The Hall–Kier alpha value is -5.82. The van der Waals surface area contributed by atoms with E-state index in [0.29, 0.717) is 26.1 Å². The molecule has 1 saturated heterocycles. The van der Waals surface area contributed by atoms with Gasteiger partial charge in [0.05, 0.1) is 37.2 Å². The van der Waals surface area contributed by atoms with Crippen molar-refractivity contribution in [3.8, 4) is 11.3 Å². The molecule has 13 nitrogen and oxygen atoms in total. The van der Waals surface area contributed by atoms with Gasteiger partial charge in [0.25, 0.3) is 0 Å². The van der Waals surface area contributed by atoms with Crippen molar-refractivity contribution in [3.63, 3.8) is 0 Å². The average Bonchev–Trinajstić information content (AvgIpc) is 3.54. The summed E-state index contributed by atoms with van der Waals surface area (Å²) in [5, 5.41) is 21.2. The number of aliphatic hydroxyl groups is 1. The highest BCUT2D eigenvalue weighted by Crippen LogP contribution is 2.29. The topological polar surface area (TPSA) is 166 Å². The number of benzene rings is 2. The van der Waals surface area contributed by atoms with E-state index in [1.54, 1.807) is 9.80 Å². The van der Waals surface area contributed by atoms with Crippen molar-refractivity contribution in [3.05, 3.63) is 119 Å². The number of hydrogen-bond acceptors (Lipinski definition) is 8. The van der Waals surface area contributed by atoms with Gasteiger partial charge in [-0.3, -0.25) is 19.6 Å². The van der Waals surface area contributed by atoms with Crippen molar-refractivity contribution >= 4 is 23.9 Å². The molecule has 0 bridgehead atoms. The zero-order chi connectivity index (χ0) is 44.5. The third kappa shape index (κ3) is 12.8. The lowest BCUT2D eigenvalue weighted by atomic mass is 9.84. The molecule has 4 aromatic rings. The highest BCUT2D eigenvalue weighted by molar-refractivity contribution is 5.89. The van der Waals surface area contributed by atoms with Gasteiger partial charge in [-0.15, -0.1) is 0 Å². The van der Waals surface area contributed by atoms with E-state index in [-0.39, 0.29) is 24.8 Å². The van der Waals surface area contributed by atoms with Gasteiger partial charge >= 0.3 is 12.1 Å². The molecule has 5 atom stereocenters. The van der Waals surface area contributed by atoms with E-state index in [1.165, 1.54) is 7.11 Å². The summed E-state index contributed by atoms with van der Waals surface area (Å²) >= 11 is 0. The molecule has 4 N–H and O–H groups in total. The number of aromatic nitrogens is 2. The maximum absolute atomic E-state index is 14.6. The van der Waals surface area contributed by atoms with Crippen molar-refractivity contribution in [1.29, 1.82) is 0 Å². The number of carbonyl (C=O) groups excluding carboxylic acids is 4. The van der Waals surface area contributed by atoms with Crippen LogP contribution >= 0.6 is 0 Å². The molecule has 0 spiro atoms. The number of rotatable bonds is 16. The summed E-state index contributed by atoms with van der Waals surface area (Å²) < 4.78 is 4.85. The Labute approximate surface area is 360 Å². The first-order valence-corrected chi connectivity index (χ1v) is 21.0. The zero-order valence-corrected chi connectivity index (χ0v) is 37.1. The molecule has 2 aromatic heterocycles. The molecule has 1 aliphatic rings. The molecule has 326 valence electrons. The predicted molar refractivity (Wildman–Crippen MR) is 236 cm³/mol. The van der Waals surface area contributed by atoms with E-state index in [4.69, 9.17) is 4.74 Å². The molecular weight excluding hydrogens is 771 g/mol. The zero-order valence-electron chi connectivity index (χ0n) is 37.1. The molecule has 3 heterocycles. The molecular formula is C48H63N7O6. The summed E-state index contributed by atoms with van der Waals surface area (Å²) in [7, 11) is 1.24. The number of nitrogens with zero attached hydrogens (tertiary/aromatic N) is 4. The molecule has 1 aliphatic heterocycles. The van der Waals surface area contributed by atoms with Gasteiger partial charge in [-0.25, -0.2) is 9.59 Å². The van der Waals surface area contributed by atoms with Crippen molar-refractivity contribution in [2.45, 2.75) is 111 Å². The number of methoxy groups -OCH3 is 1. The fourth-order valence-electron chi connectivity index (χ4n) is 7.81. The molecule has 5 rings (SSSR count).